The molecule has 1 atom stereocenters. The van der Waals surface area contributed by atoms with Gasteiger partial charge in [0, 0.05) is 24.9 Å². The smallest absolute Gasteiger partial charge is 0.251 e. The predicted molar refractivity (Wildman–Crippen MR) is 90.0 cm³/mol. The molecule has 1 aromatic rings. The van der Waals surface area contributed by atoms with E-state index in [-0.39, 0.29) is 29.3 Å². The van der Waals surface area contributed by atoms with Gasteiger partial charge in [0.2, 0.25) is 10.0 Å². The van der Waals surface area contributed by atoms with Crippen molar-refractivity contribution >= 4 is 25.8 Å². The van der Waals surface area contributed by atoms with Gasteiger partial charge in [0.05, 0.1) is 16.8 Å². The van der Waals surface area contributed by atoms with Gasteiger partial charge in [-0.25, -0.2) is 21.6 Å². The van der Waals surface area contributed by atoms with E-state index in [1.165, 1.54) is 24.3 Å². The maximum absolute atomic E-state index is 12.1. The van der Waals surface area contributed by atoms with Crippen LogP contribution in [0.4, 0.5) is 0 Å². The summed E-state index contributed by atoms with van der Waals surface area (Å²) >= 11 is 0. The Kier molecular flexibility index (Phi) is 7.33. The molecular formula is C14H22N2O6S2. The van der Waals surface area contributed by atoms with Crippen LogP contribution in [0.25, 0.3) is 0 Å². The van der Waals surface area contributed by atoms with Crippen molar-refractivity contribution in [2.75, 3.05) is 25.1 Å². The Morgan fingerprint density at radius 3 is 2.50 bits per heavy atom. The van der Waals surface area contributed by atoms with Crippen LogP contribution < -0.4 is 10.0 Å². The topological polar surface area (TPSA) is 130 Å². The number of rotatable bonds is 9. The first-order valence-corrected chi connectivity index (χ1v) is 10.8. The molecule has 10 heteroatoms. The van der Waals surface area contributed by atoms with Crippen LogP contribution in [0.2, 0.25) is 0 Å². The van der Waals surface area contributed by atoms with Crippen LogP contribution in [-0.2, 0) is 19.9 Å². The molecule has 0 aliphatic carbocycles. The number of sulfonamides is 1. The summed E-state index contributed by atoms with van der Waals surface area (Å²) in [5.41, 5.74) is 0.0995. The Morgan fingerprint density at radius 2 is 1.92 bits per heavy atom. The minimum Gasteiger partial charge on any atom is -0.392 e. The van der Waals surface area contributed by atoms with E-state index in [4.69, 9.17) is 0 Å². The maximum Gasteiger partial charge on any atom is 0.251 e. The van der Waals surface area contributed by atoms with E-state index in [0.29, 0.717) is 6.42 Å². The molecule has 0 spiro atoms. The summed E-state index contributed by atoms with van der Waals surface area (Å²) in [6, 6.07) is 5.36. The molecule has 8 nitrogen and oxygen atoms in total. The van der Waals surface area contributed by atoms with Crippen LogP contribution in [0.15, 0.2) is 29.2 Å². The van der Waals surface area contributed by atoms with E-state index >= 15 is 0 Å². The Balaban J connectivity index is 2.80. The molecule has 0 saturated carbocycles. The van der Waals surface area contributed by atoms with E-state index in [2.05, 4.69) is 10.0 Å². The summed E-state index contributed by atoms with van der Waals surface area (Å²) in [5.74, 6) is -0.767. The molecule has 1 amide bonds. The molecule has 0 aliphatic rings. The molecule has 0 heterocycles. The molecule has 0 aromatic heterocycles. The number of hydrogen-bond acceptors (Lipinski definition) is 6. The number of amides is 1. The van der Waals surface area contributed by atoms with Crippen LogP contribution in [0.5, 0.6) is 0 Å². The Labute approximate surface area is 142 Å². The van der Waals surface area contributed by atoms with Gasteiger partial charge >= 0.3 is 0 Å². The predicted octanol–water partition coefficient (Wildman–Crippen LogP) is -0.490. The second-order valence-electron chi connectivity index (χ2n) is 5.33. The molecular weight excluding hydrogens is 356 g/mol. The van der Waals surface area contributed by atoms with Gasteiger partial charge in [-0.15, -0.1) is 0 Å². The molecule has 0 unspecified atom stereocenters. The molecule has 0 fully saturated rings. The van der Waals surface area contributed by atoms with Gasteiger partial charge in [0.25, 0.3) is 5.91 Å². The fourth-order valence-corrected chi connectivity index (χ4v) is 3.28. The zero-order valence-corrected chi connectivity index (χ0v) is 15.2. The second kappa shape index (κ2) is 8.56. The summed E-state index contributed by atoms with van der Waals surface area (Å²) in [5, 5.41) is 11.9. The fraction of sp³-hybridized carbons (Fsp3) is 0.500. The highest BCUT2D eigenvalue weighted by molar-refractivity contribution is 7.90. The van der Waals surface area contributed by atoms with Gasteiger partial charge in [-0.1, -0.05) is 13.0 Å². The zero-order valence-electron chi connectivity index (χ0n) is 13.5. The Morgan fingerprint density at radius 1 is 1.25 bits per heavy atom. The van der Waals surface area contributed by atoms with Crippen molar-refractivity contribution in [1.29, 1.82) is 0 Å². The molecule has 1 aromatic carbocycles. The van der Waals surface area contributed by atoms with E-state index in [1.807, 2.05) is 0 Å². The third-order valence-electron chi connectivity index (χ3n) is 3.15. The average Bonchev–Trinajstić information content (AvgIpc) is 2.51. The first-order valence-electron chi connectivity index (χ1n) is 7.29. The number of hydrogen-bond donors (Lipinski definition) is 3. The summed E-state index contributed by atoms with van der Waals surface area (Å²) in [7, 11) is -7.05. The van der Waals surface area contributed by atoms with Crippen molar-refractivity contribution in [1.82, 2.24) is 10.0 Å². The Bertz CT molecular complexity index is 774. The van der Waals surface area contributed by atoms with E-state index in [9.17, 15) is 26.7 Å². The zero-order chi connectivity index (χ0) is 18.4. The highest BCUT2D eigenvalue weighted by atomic mass is 32.2. The molecule has 3 N–H and O–H groups in total. The van der Waals surface area contributed by atoms with E-state index < -0.39 is 31.9 Å². The first kappa shape index (κ1) is 20.6. The monoisotopic (exact) mass is 378 g/mol. The number of sulfone groups is 1. The van der Waals surface area contributed by atoms with Gasteiger partial charge in [0.15, 0.2) is 0 Å². The lowest BCUT2D eigenvalue weighted by atomic mass is 10.2. The van der Waals surface area contributed by atoms with Gasteiger partial charge < -0.3 is 10.4 Å². The number of aliphatic hydroxyl groups excluding tert-OH is 1. The van der Waals surface area contributed by atoms with Crippen molar-refractivity contribution in [2.45, 2.75) is 24.3 Å². The van der Waals surface area contributed by atoms with Crippen LogP contribution >= 0.6 is 0 Å². The Hall–Kier alpha value is -1.49. The number of nitrogens with one attached hydrogen (secondary N) is 2. The molecule has 1 rings (SSSR count). The van der Waals surface area contributed by atoms with Crippen molar-refractivity contribution in [3.05, 3.63) is 29.8 Å². The second-order valence-corrected chi connectivity index (χ2v) is 9.35. The van der Waals surface area contributed by atoms with Crippen molar-refractivity contribution in [3.8, 4) is 0 Å². The lowest BCUT2D eigenvalue weighted by Crippen LogP contribution is -2.32. The number of carbonyl (C=O) groups excluding carboxylic acids is 1. The molecule has 136 valence electrons. The van der Waals surface area contributed by atoms with Gasteiger partial charge in [-0.3, -0.25) is 4.79 Å². The fourth-order valence-electron chi connectivity index (χ4n) is 1.69. The quantitative estimate of drug-likeness (QED) is 0.532. The lowest BCUT2D eigenvalue weighted by Gasteiger charge is -2.11. The summed E-state index contributed by atoms with van der Waals surface area (Å²) in [6.45, 7) is 1.54. The first-order chi connectivity index (χ1) is 11.0. The molecule has 0 saturated heterocycles. The third-order valence-corrected chi connectivity index (χ3v) is 5.51. The number of carbonyl (C=O) groups is 1. The lowest BCUT2D eigenvalue weighted by molar-refractivity contribution is 0.0956. The van der Waals surface area contributed by atoms with Crippen LogP contribution in [0, 0.1) is 0 Å². The summed E-state index contributed by atoms with van der Waals surface area (Å²) in [6.07, 6.45) is 0.677. The highest BCUT2D eigenvalue weighted by Crippen LogP contribution is 2.11. The standard InChI is InChI=1S/C14H22N2O6S2/c1-3-12(17)10-16-24(21,22)13-6-4-5-11(9-13)14(18)15-7-8-23(2,19)20/h4-6,9,12,16-17H,3,7-8,10H2,1-2H3,(H,15,18)/t12-/m0/s1. The van der Waals surface area contributed by atoms with Crippen LogP contribution in [-0.4, -0.2) is 59.1 Å². The average molecular weight is 378 g/mol. The summed E-state index contributed by atoms with van der Waals surface area (Å²) in [4.78, 5) is 11.9. The molecule has 0 radical (unpaired) electrons. The van der Waals surface area contributed by atoms with Gasteiger partial charge in [-0.2, -0.15) is 0 Å². The van der Waals surface area contributed by atoms with Crippen molar-refractivity contribution < 1.29 is 26.7 Å². The minimum absolute atomic E-state index is 0.0599. The van der Waals surface area contributed by atoms with Crippen LogP contribution in [0.3, 0.4) is 0 Å². The number of benzene rings is 1. The van der Waals surface area contributed by atoms with Crippen molar-refractivity contribution in [2.24, 2.45) is 0 Å². The van der Waals surface area contributed by atoms with Crippen LogP contribution in [0.1, 0.15) is 23.7 Å². The van der Waals surface area contributed by atoms with E-state index in [1.54, 1.807) is 6.92 Å². The van der Waals surface area contributed by atoms with Gasteiger partial charge in [0.1, 0.15) is 9.84 Å². The SMILES string of the molecule is CC[C@H](O)CNS(=O)(=O)c1cccc(C(=O)NCCS(C)(=O)=O)c1. The largest absolute Gasteiger partial charge is 0.392 e. The van der Waals surface area contributed by atoms with E-state index in [0.717, 1.165) is 6.26 Å². The third kappa shape index (κ3) is 6.95. The molecule has 0 bridgehead atoms. The molecule has 0 aliphatic heterocycles. The molecule has 24 heavy (non-hydrogen) atoms. The highest BCUT2D eigenvalue weighted by Gasteiger charge is 2.17. The van der Waals surface area contributed by atoms with Gasteiger partial charge in [-0.05, 0) is 24.6 Å². The normalized spacial score (nSPS) is 13.5. The maximum atomic E-state index is 12.1. The number of aliphatic hydroxyl groups is 1. The van der Waals surface area contributed by atoms with Crippen molar-refractivity contribution in [3.63, 3.8) is 0 Å². The minimum atomic E-state index is -3.85. The summed E-state index contributed by atoms with van der Waals surface area (Å²) < 4.78 is 48.6.